The molecule has 1 atom stereocenters. The van der Waals surface area contributed by atoms with Crippen LogP contribution in [0, 0.1) is 4.91 Å². The Morgan fingerprint density at radius 1 is 1.58 bits per heavy atom. The van der Waals surface area contributed by atoms with Crippen LogP contribution >= 0.6 is 0 Å². The zero-order chi connectivity index (χ0) is 8.20. The van der Waals surface area contributed by atoms with Crippen LogP contribution in [0.3, 0.4) is 0 Å². The summed E-state index contributed by atoms with van der Waals surface area (Å²) in [7, 11) is 0. The summed E-state index contributed by atoms with van der Waals surface area (Å²) in [5.74, 6) is -1.32. The van der Waals surface area contributed by atoms with Crippen molar-refractivity contribution in [3.8, 4) is 0 Å². The second-order valence-corrected chi connectivity index (χ2v) is 2.18. The molecule has 0 aromatic rings. The van der Waals surface area contributed by atoms with Crippen molar-refractivity contribution in [2.45, 2.75) is 25.8 Å². The van der Waals surface area contributed by atoms with E-state index in [4.69, 9.17) is 0 Å². The van der Waals surface area contributed by atoms with Gasteiger partial charge in [0, 0.05) is 0 Å². The maximum Gasteiger partial charge on any atom is 1.00 e. The average Bonchev–Trinajstić information content (AvgIpc) is 1.88. The largest absolute Gasteiger partial charge is 1.00 e. The van der Waals surface area contributed by atoms with Crippen LogP contribution in [0.15, 0.2) is 5.29 Å². The Labute approximate surface area is 156 Å². The van der Waals surface area contributed by atoms with E-state index < -0.39 is 11.5 Å². The minimum atomic E-state index is -1.33. The number of carbonyl (C=O) groups excluding carboxylic acids is 1. The van der Waals surface area contributed by atoms with E-state index in [1.807, 2.05) is 5.43 Å². The van der Waals surface area contributed by atoms with Crippen LogP contribution in [0.4, 0.5) is 0 Å². The number of hydrogen-bond acceptors (Lipinski definition) is 4. The molecule has 12 heavy (non-hydrogen) atoms. The van der Waals surface area contributed by atoms with Crippen LogP contribution in [0.2, 0.25) is 0 Å². The Morgan fingerprint density at radius 3 is 2.08 bits per heavy atom. The fourth-order valence-electron chi connectivity index (χ4n) is 0.370. The molecule has 0 aromatic heterocycles. The van der Waals surface area contributed by atoms with Crippen molar-refractivity contribution in [1.29, 1.82) is 0 Å². The maximum absolute atomic E-state index is 10.3. The molecule has 0 saturated carbocycles. The minimum absolute atomic E-state index is 0. The molecule has 0 aliphatic rings. The summed E-state index contributed by atoms with van der Waals surface area (Å²) in [5.41, 5.74) is 0.584. The van der Waals surface area contributed by atoms with E-state index in [1.54, 1.807) is 6.92 Å². The van der Waals surface area contributed by atoms with Crippen LogP contribution in [-0.4, -0.2) is 11.5 Å². The van der Waals surface area contributed by atoms with Crippen molar-refractivity contribution >= 4 is 5.97 Å². The monoisotopic (exact) mass is 223 g/mol. The fourth-order valence-corrected chi connectivity index (χ4v) is 0.370. The predicted molar refractivity (Wildman–Crippen MR) is 32.6 cm³/mol. The number of carboxylic acid groups (broad SMARTS) is 1. The Kier molecular flexibility index (Phi) is 15.9. The Hall–Kier alpha value is 2.14. The molecule has 0 saturated heterocycles. The summed E-state index contributed by atoms with van der Waals surface area (Å²) in [4.78, 5) is 19.9. The van der Waals surface area contributed by atoms with Crippen LogP contribution in [0.25, 0.3) is 0 Å². The molecule has 0 spiro atoms. The number of nitrogens with zero attached hydrogens (tertiary/aromatic N) is 1. The molecule has 0 heterocycles. The Balaban J connectivity index is -0.000000405. The average molecular weight is 223 g/mol. The number of hydrogen-bond donors (Lipinski definition) is 1. The summed E-state index contributed by atoms with van der Waals surface area (Å²) in [6.45, 7) is 2.96. The molecule has 0 aliphatic heterocycles. The van der Waals surface area contributed by atoms with Crippen molar-refractivity contribution in [2.24, 2.45) is 5.29 Å². The number of nitroso groups, excluding NO2 is 1. The third-order valence-corrected chi connectivity index (χ3v) is 1.45. The van der Waals surface area contributed by atoms with E-state index in [-0.39, 0.29) is 109 Å². The molecule has 5 nitrogen and oxygen atoms in total. The Bertz CT molecular complexity index is 156. The van der Waals surface area contributed by atoms with Gasteiger partial charge in [0.15, 0.2) is 0 Å². The van der Waals surface area contributed by atoms with Gasteiger partial charge in [0.2, 0.25) is 0 Å². The summed E-state index contributed by atoms with van der Waals surface area (Å²) in [6.07, 6.45) is 0.251. The maximum atomic E-state index is 10.3. The number of carbonyl (C=O) groups is 1. The smallest absolute Gasteiger partial charge is 0.548 e. The van der Waals surface area contributed by atoms with Crippen molar-refractivity contribution in [3.63, 3.8) is 0 Å². The molecular weight excluding hydrogens is 214 g/mol. The predicted octanol–water partition coefficient (Wildman–Crippen LogP) is -6.82. The normalized spacial score (nSPS) is 12.8. The van der Waals surface area contributed by atoms with Crippen molar-refractivity contribution < 1.29 is 113 Å². The van der Waals surface area contributed by atoms with Crippen molar-refractivity contribution in [3.05, 3.63) is 4.91 Å². The molecule has 0 amide bonds. The number of rotatable bonds is 4. The van der Waals surface area contributed by atoms with E-state index in [1.165, 1.54) is 6.92 Å². The molecule has 0 aliphatic carbocycles. The topological polar surface area (TPSA) is 81.6 Å². The van der Waals surface area contributed by atoms with E-state index >= 15 is 0 Å². The molecule has 58 valence electrons. The minimum Gasteiger partial charge on any atom is -0.548 e. The summed E-state index contributed by atoms with van der Waals surface area (Å²) in [5, 5.41) is 12.5. The van der Waals surface area contributed by atoms with Gasteiger partial charge in [-0.1, -0.05) is 6.92 Å². The summed E-state index contributed by atoms with van der Waals surface area (Å²) < 4.78 is 0. The third-order valence-electron chi connectivity index (χ3n) is 1.45. The first-order chi connectivity index (χ1) is 4.56. The third kappa shape index (κ3) is 6.57. The first kappa shape index (κ1) is 19.7. The van der Waals surface area contributed by atoms with Gasteiger partial charge in [0.1, 0.15) is 0 Å². The van der Waals surface area contributed by atoms with Gasteiger partial charge in [-0.05, 0) is 13.3 Å². The number of aliphatic carboxylic acids is 1. The van der Waals surface area contributed by atoms with Crippen molar-refractivity contribution in [2.75, 3.05) is 0 Å². The van der Waals surface area contributed by atoms with E-state index in [0.717, 1.165) is 0 Å². The van der Waals surface area contributed by atoms with E-state index in [9.17, 15) is 14.8 Å². The summed E-state index contributed by atoms with van der Waals surface area (Å²) >= 11 is 0. The first-order valence-electron chi connectivity index (χ1n) is 2.88. The second-order valence-electron chi connectivity index (χ2n) is 2.18. The molecule has 1 unspecified atom stereocenters. The number of carboxylic acids is 1. The van der Waals surface area contributed by atoms with Gasteiger partial charge in [-0.15, -0.1) is 4.91 Å². The molecule has 0 fully saturated rings. The van der Waals surface area contributed by atoms with Crippen LogP contribution in [0.1, 0.15) is 20.3 Å². The standard InChI is InChI=1S/C5H10N2O3.2K/c1-3-5(2,4(8)9)6-7-10;;/h3H2,1-2H3,(H,6,10)(H,8,9);;/q;2*+1/p-1. The van der Waals surface area contributed by atoms with Gasteiger partial charge < -0.3 is 9.90 Å². The molecule has 1 N–H and O–H groups in total. The molecule has 7 heteroatoms. The molecule has 0 bridgehead atoms. The molecular formula is C5H9K2N2O3+. The van der Waals surface area contributed by atoms with E-state index in [2.05, 4.69) is 5.29 Å². The van der Waals surface area contributed by atoms with Gasteiger partial charge in [-0.25, -0.2) is 0 Å². The molecule has 0 radical (unpaired) electrons. The fraction of sp³-hybridized carbons (Fsp3) is 0.800. The van der Waals surface area contributed by atoms with Gasteiger partial charge in [-0.2, -0.15) is 0 Å². The quantitative estimate of drug-likeness (QED) is 0.292. The van der Waals surface area contributed by atoms with Crippen molar-refractivity contribution in [1.82, 2.24) is 5.43 Å². The van der Waals surface area contributed by atoms with Crippen LogP contribution in [-0.2, 0) is 4.79 Å². The zero-order valence-corrected chi connectivity index (χ0v) is 14.1. The zero-order valence-electron chi connectivity index (χ0n) is 7.88. The van der Waals surface area contributed by atoms with Gasteiger partial charge in [0.05, 0.1) is 16.8 Å². The second kappa shape index (κ2) is 9.69. The van der Waals surface area contributed by atoms with Gasteiger partial charge >= 0.3 is 103 Å². The number of nitrogens with one attached hydrogen (secondary N) is 1. The first-order valence-corrected chi connectivity index (χ1v) is 2.88. The Morgan fingerprint density at radius 2 is 2.00 bits per heavy atom. The van der Waals surface area contributed by atoms with Crippen LogP contribution < -0.4 is 113 Å². The summed E-state index contributed by atoms with van der Waals surface area (Å²) in [6, 6.07) is 0. The van der Waals surface area contributed by atoms with Crippen LogP contribution in [0.5, 0.6) is 0 Å². The molecule has 0 rings (SSSR count). The van der Waals surface area contributed by atoms with E-state index in [0.29, 0.717) is 0 Å². The molecule has 0 aromatic carbocycles. The van der Waals surface area contributed by atoms with Gasteiger partial charge in [0.25, 0.3) is 0 Å². The SMILES string of the molecule is CCC(C)(NN=O)C(=O)[O-].[K+].[K+]. The van der Waals surface area contributed by atoms with Gasteiger partial charge in [-0.3, -0.25) is 5.43 Å².